The van der Waals surface area contributed by atoms with Crippen LogP contribution in [-0.2, 0) is 6.54 Å². The van der Waals surface area contributed by atoms with Gasteiger partial charge in [0.2, 0.25) is 0 Å². The zero-order valence-electron chi connectivity index (χ0n) is 7.60. The zero-order chi connectivity index (χ0) is 10.3. The molecule has 1 aliphatic rings. The summed E-state index contributed by atoms with van der Waals surface area (Å²) in [6, 6.07) is 0. The van der Waals surface area contributed by atoms with Crippen molar-refractivity contribution in [2.24, 2.45) is 0 Å². The molecule has 1 N–H and O–H groups in total. The highest BCUT2D eigenvalue weighted by Crippen LogP contribution is 2.14. The van der Waals surface area contributed by atoms with Crippen molar-refractivity contribution in [1.82, 2.24) is 14.5 Å². The standard InChI is InChI=1S/C8H9N3O3/c1-10-2-3-11-4-9-5(8(13)14)6(11)7(10)12/h4H,2-3H2,1H3,(H,13,14). The molecule has 0 saturated carbocycles. The SMILES string of the molecule is CN1CCn2cnc(C(=O)O)c2C1=O. The number of carbonyl (C=O) groups is 2. The minimum atomic E-state index is -1.16. The number of rotatable bonds is 1. The van der Waals surface area contributed by atoms with Crippen LogP contribution in [0, 0.1) is 0 Å². The molecule has 1 amide bonds. The van der Waals surface area contributed by atoms with Gasteiger partial charge in [-0.25, -0.2) is 9.78 Å². The van der Waals surface area contributed by atoms with Gasteiger partial charge in [0.05, 0.1) is 6.33 Å². The van der Waals surface area contributed by atoms with Crippen LogP contribution in [0.2, 0.25) is 0 Å². The maximum absolute atomic E-state index is 11.6. The zero-order valence-corrected chi connectivity index (χ0v) is 7.60. The lowest BCUT2D eigenvalue weighted by Crippen LogP contribution is -2.37. The number of hydrogen-bond donors (Lipinski definition) is 1. The molecule has 6 nitrogen and oxygen atoms in total. The van der Waals surface area contributed by atoms with E-state index in [2.05, 4.69) is 4.98 Å². The predicted octanol–water partition coefficient (Wildman–Crippen LogP) is -0.333. The molecule has 1 aliphatic heterocycles. The van der Waals surface area contributed by atoms with E-state index in [9.17, 15) is 9.59 Å². The minimum absolute atomic E-state index is 0.165. The summed E-state index contributed by atoms with van der Waals surface area (Å²) in [7, 11) is 1.64. The molecule has 0 spiro atoms. The molecule has 1 aromatic heterocycles. The van der Waals surface area contributed by atoms with E-state index in [1.807, 2.05) is 0 Å². The normalized spacial score (nSPS) is 15.5. The van der Waals surface area contributed by atoms with Gasteiger partial charge in [-0.05, 0) is 0 Å². The summed E-state index contributed by atoms with van der Waals surface area (Å²) >= 11 is 0. The number of nitrogens with zero attached hydrogens (tertiary/aromatic N) is 3. The molecular weight excluding hydrogens is 186 g/mol. The molecule has 14 heavy (non-hydrogen) atoms. The molecule has 6 heteroatoms. The monoisotopic (exact) mass is 195 g/mol. The van der Waals surface area contributed by atoms with Gasteiger partial charge in [-0.3, -0.25) is 4.79 Å². The first-order valence-corrected chi connectivity index (χ1v) is 4.15. The minimum Gasteiger partial charge on any atom is -0.476 e. The van der Waals surface area contributed by atoms with Crippen molar-refractivity contribution >= 4 is 11.9 Å². The van der Waals surface area contributed by atoms with Crippen molar-refractivity contribution in [2.45, 2.75) is 6.54 Å². The van der Waals surface area contributed by atoms with E-state index < -0.39 is 5.97 Å². The van der Waals surface area contributed by atoms with Crippen LogP contribution < -0.4 is 0 Å². The second kappa shape index (κ2) is 2.83. The van der Waals surface area contributed by atoms with Crippen LogP contribution in [0.4, 0.5) is 0 Å². The molecule has 74 valence electrons. The summed E-state index contributed by atoms with van der Waals surface area (Å²) in [4.78, 5) is 27.5. The lowest BCUT2D eigenvalue weighted by Gasteiger charge is -2.23. The molecule has 0 aliphatic carbocycles. The van der Waals surface area contributed by atoms with Gasteiger partial charge >= 0.3 is 5.97 Å². The molecule has 0 saturated heterocycles. The van der Waals surface area contributed by atoms with Crippen LogP contribution in [0.5, 0.6) is 0 Å². The Morgan fingerprint density at radius 1 is 1.57 bits per heavy atom. The second-order valence-electron chi connectivity index (χ2n) is 3.17. The maximum Gasteiger partial charge on any atom is 0.356 e. The van der Waals surface area contributed by atoms with E-state index in [-0.39, 0.29) is 17.3 Å². The van der Waals surface area contributed by atoms with Gasteiger partial charge in [-0.15, -0.1) is 0 Å². The first-order valence-electron chi connectivity index (χ1n) is 4.15. The average molecular weight is 195 g/mol. The van der Waals surface area contributed by atoms with Crippen LogP contribution >= 0.6 is 0 Å². The van der Waals surface area contributed by atoms with E-state index in [1.165, 1.54) is 11.2 Å². The number of aromatic carboxylic acids is 1. The van der Waals surface area contributed by atoms with E-state index in [0.717, 1.165) is 0 Å². The fraction of sp³-hybridized carbons (Fsp3) is 0.375. The number of likely N-dealkylation sites (N-methyl/N-ethyl adjacent to an activating group) is 1. The van der Waals surface area contributed by atoms with Crippen LogP contribution in [0.25, 0.3) is 0 Å². The molecule has 0 bridgehead atoms. The van der Waals surface area contributed by atoms with E-state index in [1.54, 1.807) is 11.6 Å². The molecule has 2 rings (SSSR count). The third-order valence-electron chi connectivity index (χ3n) is 2.27. The topological polar surface area (TPSA) is 75.4 Å². The summed E-state index contributed by atoms with van der Waals surface area (Å²) in [5.74, 6) is -1.45. The van der Waals surface area contributed by atoms with Crippen LogP contribution in [-0.4, -0.2) is 45.0 Å². The first-order chi connectivity index (χ1) is 6.61. The van der Waals surface area contributed by atoms with Crippen molar-refractivity contribution in [3.63, 3.8) is 0 Å². The Bertz CT molecular complexity index is 410. The van der Waals surface area contributed by atoms with Gasteiger partial charge in [0.25, 0.3) is 5.91 Å². The van der Waals surface area contributed by atoms with Crippen molar-refractivity contribution in [3.8, 4) is 0 Å². The van der Waals surface area contributed by atoms with Crippen LogP contribution in [0.15, 0.2) is 6.33 Å². The molecule has 2 heterocycles. The summed E-state index contributed by atoms with van der Waals surface area (Å²) in [6.07, 6.45) is 1.39. The van der Waals surface area contributed by atoms with Crippen molar-refractivity contribution in [1.29, 1.82) is 0 Å². The van der Waals surface area contributed by atoms with Crippen molar-refractivity contribution in [2.75, 3.05) is 13.6 Å². The molecular formula is C8H9N3O3. The number of carboxylic acid groups (broad SMARTS) is 1. The van der Waals surface area contributed by atoms with E-state index in [0.29, 0.717) is 13.1 Å². The largest absolute Gasteiger partial charge is 0.476 e. The number of fused-ring (bicyclic) bond motifs is 1. The summed E-state index contributed by atoms with van der Waals surface area (Å²) < 4.78 is 1.58. The fourth-order valence-corrected chi connectivity index (χ4v) is 1.47. The van der Waals surface area contributed by atoms with Gasteiger partial charge in [0.1, 0.15) is 5.69 Å². The Hall–Kier alpha value is -1.85. The number of hydrogen-bond acceptors (Lipinski definition) is 3. The molecule has 0 aromatic carbocycles. The van der Waals surface area contributed by atoms with Crippen LogP contribution in [0.1, 0.15) is 21.0 Å². The number of imidazole rings is 1. The highest BCUT2D eigenvalue weighted by molar-refractivity contribution is 6.02. The number of amides is 1. The highest BCUT2D eigenvalue weighted by atomic mass is 16.4. The fourth-order valence-electron chi connectivity index (χ4n) is 1.47. The quantitative estimate of drug-likeness (QED) is 0.665. The van der Waals surface area contributed by atoms with Crippen molar-refractivity contribution < 1.29 is 14.7 Å². The van der Waals surface area contributed by atoms with Gasteiger partial charge < -0.3 is 14.6 Å². The molecule has 1 aromatic rings. The van der Waals surface area contributed by atoms with Crippen LogP contribution in [0.3, 0.4) is 0 Å². The Morgan fingerprint density at radius 3 is 2.93 bits per heavy atom. The molecule has 0 unspecified atom stereocenters. The average Bonchev–Trinajstić information content (AvgIpc) is 2.55. The molecule has 0 atom stereocenters. The summed E-state index contributed by atoms with van der Waals surface area (Å²) in [6.45, 7) is 1.18. The smallest absolute Gasteiger partial charge is 0.356 e. The third-order valence-corrected chi connectivity index (χ3v) is 2.27. The van der Waals surface area contributed by atoms with Crippen molar-refractivity contribution in [3.05, 3.63) is 17.7 Å². The number of carbonyl (C=O) groups excluding carboxylic acids is 1. The van der Waals surface area contributed by atoms with Gasteiger partial charge in [-0.1, -0.05) is 0 Å². The Morgan fingerprint density at radius 2 is 2.29 bits per heavy atom. The Labute approximate surface area is 79.8 Å². The van der Waals surface area contributed by atoms with Gasteiger partial charge in [0, 0.05) is 20.1 Å². The third kappa shape index (κ3) is 1.07. The second-order valence-corrected chi connectivity index (χ2v) is 3.17. The summed E-state index contributed by atoms with van der Waals surface area (Å²) in [5, 5.41) is 8.79. The lowest BCUT2D eigenvalue weighted by atomic mass is 10.2. The lowest BCUT2D eigenvalue weighted by molar-refractivity contribution is 0.0665. The number of aromatic nitrogens is 2. The van der Waals surface area contributed by atoms with Gasteiger partial charge in [-0.2, -0.15) is 0 Å². The van der Waals surface area contributed by atoms with E-state index in [4.69, 9.17) is 5.11 Å². The first kappa shape index (κ1) is 8.74. The maximum atomic E-state index is 11.6. The molecule has 0 fully saturated rings. The number of carboxylic acids is 1. The highest BCUT2D eigenvalue weighted by Gasteiger charge is 2.28. The van der Waals surface area contributed by atoms with Gasteiger partial charge in [0.15, 0.2) is 5.69 Å². The predicted molar refractivity (Wildman–Crippen MR) is 46.1 cm³/mol. The Balaban J connectivity index is 2.55. The van der Waals surface area contributed by atoms with E-state index >= 15 is 0 Å². The Kier molecular flexibility index (Phi) is 1.77. The molecule has 0 radical (unpaired) electrons. The summed E-state index contributed by atoms with van der Waals surface area (Å²) in [5.41, 5.74) is 0.00722.